The smallest absolute Gasteiger partial charge is 0.317 e. The van der Waals surface area contributed by atoms with E-state index in [9.17, 15) is 13.6 Å². The molecule has 1 unspecified atom stereocenters. The molecule has 2 heterocycles. The first-order valence-electron chi connectivity index (χ1n) is 8.50. The number of piperidine rings is 1. The monoisotopic (exact) mass is 348 g/mol. The summed E-state index contributed by atoms with van der Waals surface area (Å²) in [5.74, 6) is -1.01. The summed E-state index contributed by atoms with van der Waals surface area (Å²) in [6.45, 7) is 3.46. The fraction of sp³-hybridized carbons (Fsp3) is 0.444. The molecule has 7 heteroatoms. The number of urea groups is 1. The molecule has 1 aliphatic rings. The lowest BCUT2D eigenvalue weighted by atomic mass is 9.94. The molecule has 1 aromatic carbocycles. The van der Waals surface area contributed by atoms with E-state index in [0.29, 0.717) is 31.1 Å². The Bertz CT molecular complexity index is 712. The second-order valence-corrected chi connectivity index (χ2v) is 6.52. The van der Waals surface area contributed by atoms with Gasteiger partial charge < -0.3 is 15.2 Å². The highest BCUT2D eigenvalue weighted by molar-refractivity contribution is 5.74. The van der Waals surface area contributed by atoms with Crippen LogP contribution < -0.4 is 5.32 Å². The van der Waals surface area contributed by atoms with Gasteiger partial charge in [-0.15, -0.1) is 0 Å². The van der Waals surface area contributed by atoms with E-state index < -0.39 is 11.6 Å². The second kappa shape index (κ2) is 7.63. The molecule has 0 saturated carbocycles. The molecule has 3 rings (SSSR count). The molecule has 25 heavy (non-hydrogen) atoms. The lowest BCUT2D eigenvalue weighted by Crippen LogP contribution is -2.45. The van der Waals surface area contributed by atoms with E-state index in [1.807, 2.05) is 6.20 Å². The summed E-state index contributed by atoms with van der Waals surface area (Å²) in [5.41, 5.74) is 1.51. The summed E-state index contributed by atoms with van der Waals surface area (Å²) in [6, 6.07) is 3.39. The Morgan fingerprint density at radius 3 is 2.80 bits per heavy atom. The molecule has 1 atom stereocenters. The molecule has 1 aliphatic heterocycles. The van der Waals surface area contributed by atoms with Gasteiger partial charge in [0.05, 0.1) is 6.33 Å². The number of hydrogen-bond donors (Lipinski definition) is 2. The molecule has 1 aromatic heterocycles. The van der Waals surface area contributed by atoms with Gasteiger partial charge in [0.15, 0.2) is 0 Å². The molecule has 134 valence electrons. The van der Waals surface area contributed by atoms with E-state index in [1.54, 1.807) is 18.2 Å². The van der Waals surface area contributed by atoms with Crippen molar-refractivity contribution in [3.63, 3.8) is 0 Å². The van der Waals surface area contributed by atoms with Crippen LogP contribution in [0.3, 0.4) is 0 Å². The van der Waals surface area contributed by atoms with Gasteiger partial charge in [-0.25, -0.2) is 18.6 Å². The van der Waals surface area contributed by atoms with Crippen molar-refractivity contribution in [1.82, 2.24) is 20.2 Å². The minimum Gasteiger partial charge on any atom is -0.348 e. The minimum atomic E-state index is -0.599. The Morgan fingerprint density at radius 1 is 1.40 bits per heavy atom. The number of aromatic nitrogens is 2. The summed E-state index contributed by atoms with van der Waals surface area (Å²) in [5, 5.41) is 2.85. The zero-order valence-corrected chi connectivity index (χ0v) is 14.1. The highest BCUT2D eigenvalue weighted by atomic mass is 19.1. The zero-order valence-electron chi connectivity index (χ0n) is 14.1. The second-order valence-electron chi connectivity index (χ2n) is 6.52. The number of carbonyl (C=O) groups is 1. The third-order valence-corrected chi connectivity index (χ3v) is 4.79. The van der Waals surface area contributed by atoms with Crippen LogP contribution in [0.2, 0.25) is 0 Å². The predicted octanol–water partition coefficient (Wildman–Crippen LogP) is 3.38. The fourth-order valence-corrected chi connectivity index (χ4v) is 3.25. The summed E-state index contributed by atoms with van der Waals surface area (Å²) in [6.07, 6.45) is 5.28. The van der Waals surface area contributed by atoms with E-state index in [1.165, 1.54) is 12.1 Å². The third kappa shape index (κ3) is 4.15. The lowest BCUT2D eigenvalue weighted by Gasteiger charge is -2.31. The Kier molecular flexibility index (Phi) is 5.31. The van der Waals surface area contributed by atoms with Crippen LogP contribution in [0.5, 0.6) is 0 Å². The molecule has 1 saturated heterocycles. The maximum atomic E-state index is 13.8. The number of halogens is 2. The normalized spacial score (nSPS) is 16.7. The third-order valence-electron chi connectivity index (χ3n) is 4.79. The first kappa shape index (κ1) is 17.4. The topological polar surface area (TPSA) is 61.0 Å². The van der Waals surface area contributed by atoms with Crippen LogP contribution in [0.25, 0.3) is 0 Å². The van der Waals surface area contributed by atoms with Gasteiger partial charge in [0.1, 0.15) is 11.6 Å². The van der Waals surface area contributed by atoms with Gasteiger partial charge in [-0.2, -0.15) is 0 Å². The number of rotatable bonds is 4. The predicted molar refractivity (Wildman–Crippen MR) is 90.3 cm³/mol. The maximum Gasteiger partial charge on any atom is 0.317 e. The summed E-state index contributed by atoms with van der Waals surface area (Å²) < 4.78 is 26.8. The van der Waals surface area contributed by atoms with Gasteiger partial charge in [0, 0.05) is 49.4 Å². The average Bonchev–Trinajstić information content (AvgIpc) is 3.14. The van der Waals surface area contributed by atoms with Crippen molar-refractivity contribution in [2.24, 2.45) is 0 Å². The molecule has 0 bridgehead atoms. The molecular weight excluding hydrogens is 326 g/mol. The number of nitrogens with one attached hydrogen (secondary N) is 2. The van der Waals surface area contributed by atoms with Crippen LogP contribution in [0.4, 0.5) is 13.6 Å². The zero-order chi connectivity index (χ0) is 17.8. The first-order valence-corrected chi connectivity index (χ1v) is 8.50. The Labute approximate surface area is 145 Å². The maximum absolute atomic E-state index is 13.8. The van der Waals surface area contributed by atoms with Gasteiger partial charge in [-0.3, -0.25) is 0 Å². The summed E-state index contributed by atoms with van der Waals surface area (Å²) >= 11 is 0. The number of H-pyrrole nitrogens is 1. The van der Waals surface area contributed by atoms with Crippen LogP contribution in [0, 0.1) is 11.6 Å². The number of nitrogens with zero attached hydrogens (tertiary/aromatic N) is 2. The molecular formula is C18H22F2N4O. The van der Waals surface area contributed by atoms with E-state index in [0.717, 1.165) is 24.6 Å². The standard InChI is InChI=1S/C18H22F2N4O/c1-12(15-3-2-14(19)8-16(15)20)9-22-18(25)24-6-4-13(5-7-24)17-10-21-11-23-17/h2-3,8,10-13H,4-7,9H2,1H3,(H,21,23)(H,22,25). The van der Waals surface area contributed by atoms with Gasteiger partial charge in [0.2, 0.25) is 0 Å². The highest BCUT2D eigenvalue weighted by Crippen LogP contribution is 2.26. The van der Waals surface area contributed by atoms with Crippen LogP contribution in [0.1, 0.15) is 42.9 Å². The first-order chi connectivity index (χ1) is 12.0. The van der Waals surface area contributed by atoms with Crippen LogP contribution in [-0.4, -0.2) is 40.5 Å². The molecule has 0 radical (unpaired) electrons. The largest absolute Gasteiger partial charge is 0.348 e. The number of imidazole rings is 1. The van der Waals surface area contributed by atoms with Crippen LogP contribution in [0.15, 0.2) is 30.7 Å². The Morgan fingerprint density at radius 2 is 2.16 bits per heavy atom. The van der Waals surface area contributed by atoms with Crippen molar-refractivity contribution >= 4 is 6.03 Å². The van der Waals surface area contributed by atoms with Crippen molar-refractivity contribution in [3.05, 3.63) is 53.6 Å². The molecule has 5 nitrogen and oxygen atoms in total. The highest BCUT2D eigenvalue weighted by Gasteiger charge is 2.24. The van der Waals surface area contributed by atoms with Crippen molar-refractivity contribution in [2.45, 2.75) is 31.6 Å². The van der Waals surface area contributed by atoms with E-state index in [-0.39, 0.29) is 11.9 Å². The quantitative estimate of drug-likeness (QED) is 0.890. The van der Waals surface area contributed by atoms with Gasteiger partial charge in [-0.05, 0) is 24.5 Å². The fourth-order valence-electron chi connectivity index (χ4n) is 3.25. The lowest BCUT2D eigenvalue weighted by molar-refractivity contribution is 0.180. The summed E-state index contributed by atoms with van der Waals surface area (Å²) in [4.78, 5) is 21.3. The Balaban J connectivity index is 1.48. The number of amides is 2. The van der Waals surface area contributed by atoms with E-state index in [2.05, 4.69) is 15.3 Å². The Hall–Kier alpha value is -2.44. The number of hydrogen-bond acceptors (Lipinski definition) is 2. The number of benzene rings is 1. The van der Waals surface area contributed by atoms with Gasteiger partial charge in [-0.1, -0.05) is 13.0 Å². The average molecular weight is 348 g/mol. The minimum absolute atomic E-state index is 0.141. The number of likely N-dealkylation sites (tertiary alicyclic amines) is 1. The molecule has 2 aromatic rings. The van der Waals surface area contributed by atoms with Crippen molar-refractivity contribution in [3.8, 4) is 0 Å². The SMILES string of the molecule is CC(CNC(=O)N1CCC(c2cnc[nH]2)CC1)c1ccc(F)cc1F. The van der Waals surface area contributed by atoms with E-state index >= 15 is 0 Å². The molecule has 1 fully saturated rings. The van der Waals surface area contributed by atoms with Crippen molar-refractivity contribution in [2.75, 3.05) is 19.6 Å². The van der Waals surface area contributed by atoms with Crippen molar-refractivity contribution in [1.29, 1.82) is 0 Å². The van der Waals surface area contributed by atoms with E-state index in [4.69, 9.17) is 0 Å². The molecule has 2 N–H and O–H groups in total. The van der Waals surface area contributed by atoms with Gasteiger partial charge in [0.25, 0.3) is 0 Å². The summed E-state index contributed by atoms with van der Waals surface area (Å²) in [7, 11) is 0. The van der Waals surface area contributed by atoms with Crippen molar-refractivity contribution < 1.29 is 13.6 Å². The number of carbonyl (C=O) groups excluding carboxylic acids is 1. The molecule has 0 aliphatic carbocycles. The van der Waals surface area contributed by atoms with Crippen LogP contribution in [-0.2, 0) is 0 Å². The van der Waals surface area contributed by atoms with Crippen LogP contribution >= 0.6 is 0 Å². The molecule has 0 spiro atoms. The van der Waals surface area contributed by atoms with Gasteiger partial charge >= 0.3 is 6.03 Å². The molecule has 2 amide bonds. The number of aromatic amines is 1.